The van der Waals surface area contributed by atoms with Gasteiger partial charge in [-0.1, -0.05) is 0 Å². The van der Waals surface area contributed by atoms with Gasteiger partial charge in [0, 0.05) is 7.11 Å². The predicted molar refractivity (Wildman–Crippen MR) is 42.1 cm³/mol. The van der Waals surface area contributed by atoms with Crippen molar-refractivity contribution in [2.45, 2.75) is 0 Å². The normalized spacial score (nSPS) is 9.17. The van der Waals surface area contributed by atoms with Gasteiger partial charge in [0.1, 0.15) is 12.5 Å². The molecular formula is C6H10ClNO4. The van der Waals surface area contributed by atoms with Crippen molar-refractivity contribution < 1.29 is 19.1 Å². The minimum Gasteiger partial charge on any atom is -0.447 e. The Morgan fingerprint density at radius 2 is 2.08 bits per heavy atom. The van der Waals surface area contributed by atoms with Crippen LogP contribution in [0.2, 0.25) is 0 Å². The van der Waals surface area contributed by atoms with E-state index in [0.29, 0.717) is 6.61 Å². The molecule has 5 nitrogen and oxygen atoms in total. The summed E-state index contributed by atoms with van der Waals surface area (Å²) in [6.45, 7) is 0.403. The topological polar surface area (TPSA) is 64.6 Å². The number of methoxy groups -OCH3 is 1. The second-order valence-electron chi connectivity index (χ2n) is 1.81. The summed E-state index contributed by atoms with van der Waals surface area (Å²) in [4.78, 5) is 21.1. The Morgan fingerprint density at radius 3 is 2.58 bits per heavy atom. The van der Waals surface area contributed by atoms with E-state index in [1.54, 1.807) is 0 Å². The molecule has 0 rings (SSSR count). The van der Waals surface area contributed by atoms with E-state index in [-0.39, 0.29) is 12.5 Å². The van der Waals surface area contributed by atoms with Crippen molar-refractivity contribution in [3.8, 4) is 0 Å². The molecule has 0 aliphatic rings. The molecule has 0 saturated heterocycles. The van der Waals surface area contributed by atoms with Crippen molar-refractivity contribution in [2.75, 3.05) is 26.2 Å². The maximum atomic E-state index is 10.6. The van der Waals surface area contributed by atoms with E-state index in [0.717, 1.165) is 0 Å². The van der Waals surface area contributed by atoms with Crippen molar-refractivity contribution in [1.29, 1.82) is 0 Å². The molecule has 6 heteroatoms. The van der Waals surface area contributed by atoms with E-state index in [1.807, 2.05) is 5.32 Å². The zero-order valence-electron chi connectivity index (χ0n) is 6.63. The number of nitrogens with one attached hydrogen (secondary N) is 1. The zero-order chi connectivity index (χ0) is 9.40. The van der Waals surface area contributed by atoms with Crippen LogP contribution in [-0.4, -0.2) is 38.2 Å². The molecule has 0 fully saturated rings. The quantitative estimate of drug-likeness (QED) is 0.512. The summed E-state index contributed by atoms with van der Waals surface area (Å²) in [6.07, 6.45) is -0.808. The van der Waals surface area contributed by atoms with Gasteiger partial charge in [-0.3, -0.25) is 10.1 Å². The highest BCUT2D eigenvalue weighted by atomic mass is 35.5. The second kappa shape index (κ2) is 6.87. The summed E-state index contributed by atoms with van der Waals surface area (Å²) < 4.78 is 9.11. The molecule has 0 aliphatic carbocycles. The van der Waals surface area contributed by atoms with Crippen LogP contribution in [0.5, 0.6) is 0 Å². The first-order valence-corrected chi connectivity index (χ1v) is 3.75. The maximum Gasteiger partial charge on any atom is 0.413 e. The molecule has 0 aromatic carbocycles. The fraction of sp³-hybridized carbons (Fsp3) is 0.667. The van der Waals surface area contributed by atoms with Crippen molar-refractivity contribution >= 4 is 23.6 Å². The van der Waals surface area contributed by atoms with Crippen molar-refractivity contribution in [3.05, 3.63) is 0 Å². The van der Waals surface area contributed by atoms with Gasteiger partial charge in [-0.25, -0.2) is 4.79 Å². The standard InChI is InChI=1S/C6H10ClNO4/c1-11-2-3-12-6(10)8-5(9)4-7/h2-4H2,1H3,(H,8,9,10). The number of alkyl carbamates (subject to hydrolysis) is 1. The van der Waals surface area contributed by atoms with Crippen molar-refractivity contribution in [1.82, 2.24) is 5.32 Å². The molecule has 2 amide bonds. The molecule has 12 heavy (non-hydrogen) atoms. The number of hydrogen-bond donors (Lipinski definition) is 1. The molecule has 70 valence electrons. The lowest BCUT2D eigenvalue weighted by atomic mass is 10.7. The third kappa shape index (κ3) is 5.94. The van der Waals surface area contributed by atoms with Gasteiger partial charge in [0.25, 0.3) is 0 Å². The molecule has 0 radical (unpaired) electrons. The van der Waals surface area contributed by atoms with Gasteiger partial charge in [-0.15, -0.1) is 11.6 Å². The summed E-state index contributed by atoms with van der Waals surface area (Å²) in [7, 11) is 1.48. The predicted octanol–water partition coefficient (Wildman–Crippen LogP) is 0.124. The number of ether oxygens (including phenoxy) is 2. The first-order chi connectivity index (χ1) is 5.70. The van der Waals surface area contributed by atoms with E-state index in [1.165, 1.54) is 7.11 Å². The highest BCUT2D eigenvalue weighted by Gasteiger charge is 2.05. The first kappa shape index (κ1) is 11.2. The van der Waals surface area contributed by atoms with E-state index in [9.17, 15) is 9.59 Å². The highest BCUT2D eigenvalue weighted by Crippen LogP contribution is 1.80. The molecule has 0 aromatic rings. The number of amides is 2. The number of halogens is 1. The van der Waals surface area contributed by atoms with Gasteiger partial charge < -0.3 is 9.47 Å². The summed E-state index contributed by atoms with van der Waals surface area (Å²) >= 11 is 5.11. The fourth-order valence-corrected chi connectivity index (χ4v) is 0.468. The molecule has 0 aliphatic heterocycles. The SMILES string of the molecule is COCCOC(=O)NC(=O)CCl. The van der Waals surface area contributed by atoms with E-state index < -0.39 is 12.0 Å². The molecule has 0 unspecified atom stereocenters. The number of carbonyl (C=O) groups is 2. The average Bonchev–Trinajstić information content (AvgIpc) is 2.05. The van der Waals surface area contributed by atoms with E-state index >= 15 is 0 Å². The third-order valence-electron chi connectivity index (χ3n) is 0.883. The van der Waals surface area contributed by atoms with Crippen LogP contribution in [-0.2, 0) is 14.3 Å². The highest BCUT2D eigenvalue weighted by molar-refractivity contribution is 6.28. The fourth-order valence-electron chi connectivity index (χ4n) is 0.401. The van der Waals surface area contributed by atoms with Crippen molar-refractivity contribution in [2.24, 2.45) is 0 Å². The zero-order valence-corrected chi connectivity index (χ0v) is 7.39. The molecule has 0 bridgehead atoms. The Labute approximate surface area is 75.0 Å². The Bertz CT molecular complexity index is 162. The van der Waals surface area contributed by atoms with Crippen LogP contribution in [0.4, 0.5) is 4.79 Å². The minimum absolute atomic E-state index is 0.109. The van der Waals surface area contributed by atoms with Crippen molar-refractivity contribution in [3.63, 3.8) is 0 Å². The van der Waals surface area contributed by atoms with E-state index in [2.05, 4.69) is 9.47 Å². The molecule has 0 atom stereocenters. The largest absolute Gasteiger partial charge is 0.447 e. The van der Waals surface area contributed by atoms with Crippen LogP contribution >= 0.6 is 11.6 Å². The molecule has 0 saturated carbocycles. The second-order valence-corrected chi connectivity index (χ2v) is 2.08. The van der Waals surface area contributed by atoms with Gasteiger partial charge in [-0.05, 0) is 0 Å². The van der Waals surface area contributed by atoms with Gasteiger partial charge in [0.2, 0.25) is 5.91 Å². The smallest absolute Gasteiger partial charge is 0.413 e. The Kier molecular flexibility index (Phi) is 6.41. The van der Waals surface area contributed by atoms with Crippen LogP contribution in [0.25, 0.3) is 0 Å². The monoisotopic (exact) mass is 195 g/mol. The average molecular weight is 196 g/mol. The molecule has 0 heterocycles. The van der Waals surface area contributed by atoms with Gasteiger partial charge in [0.05, 0.1) is 6.61 Å². The lowest BCUT2D eigenvalue weighted by Crippen LogP contribution is -2.32. The minimum atomic E-state index is -0.808. The summed E-state index contributed by atoms with van der Waals surface area (Å²) in [5.74, 6) is -0.849. The molecule has 0 spiro atoms. The third-order valence-corrected chi connectivity index (χ3v) is 1.13. The Balaban J connectivity index is 3.40. The Hall–Kier alpha value is -0.810. The number of imide groups is 1. The summed E-state index contributed by atoms with van der Waals surface area (Å²) in [5, 5.41) is 1.90. The van der Waals surface area contributed by atoms with Gasteiger partial charge in [0.15, 0.2) is 0 Å². The van der Waals surface area contributed by atoms with Crippen LogP contribution in [0.1, 0.15) is 0 Å². The van der Waals surface area contributed by atoms with Crippen LogP contribution in [0.15, 0.2) is 0 Å². The van der Waals surface area contributed by atoms with Gasteiger partial charge in [-0.2, -0.15) is 0 Å². The summed E-state index contributed by atoms with van der Waals surface area (Å²) in [5.41, 5.74) is 0. The molecular weight excluding hydrogens is 186 g/mol. The van der Waals surface area contributed by atoms with Gasteiger partial charge >= 0.3 is 6.09 Å². The molecule has 0 aromatic heterocycles. The number of carbonyl (C=O) groups excluding carboxylic acids is 2. The maximum absolute atomic E-state index is 10.6. The number of alkyl halides is 1. The first-order valence-electron chi connectivity index (χ1n) is 3.22. The lowest BCUT2D eigenvalue weighted by Gasteiger charge is -2.03. The number of rotatable bonds is 4. The van der Waals surface area contributed by atoms with E-state index in [4.69, 9.17) is 11.6 Å². The van der Waals surface area contributed by atoms with Crippen LogP contribution in [0, 0.1) is 0 Å². The van der Waals surface area contributed by atoms with Crippen LogP contribution in [0.3, 0.4) is 0 Å². The summed E-state index contributed by atoms with van der Waals surface area (Å²) in [6, 6.07) is 0. The van der Waals surface area contributed by atoms with Crippen LogP contribution < -0.4 is 5.32 Å². The Morgan fingerprint density at radius 1 is 1.42 bits per heavy atom. The number of hydrogen-bond acceptors (Lipinski definition) is 4. The molecule has 1 N–H and O–H groups in total. The lowest BCUT2D eigenvalue weighted by molar-refractivity contribution is -0.118.